The van der Waals surface area contributed by atoms with Gasteiger partial charge in [0.2, 0.25) is 11.1 Å². The maximum absolute atomic E-state index is 13.4. The summed E-state index contributed by atoms with van der Waals surface area (Å²) in [6.07, 6.45) is 0. The van der Waals surface area contributed by atoms with Gasteiger partial charge in [-0.2, -0.15) is 4.68 Å². The van der Waals surface area contributed by atoms with Crippen molar-refractivity contribution in [3.63, 3.8) is 0 Å². The second kappa shape index (κ2) is 9.63. The van der Waals surface area contributed by atoms with Crippen molar-refractivity contribution < 1.29 is 14.3 Å². The Morgan fingerprint density at radius 2 is 1.97 bits per heavy atom. The smallest absolute Gasteiger partial charge is 0.237 e. The van der Waals surface area contributed by atoms with Crippen molar-refractivity contribution >= 4 is 34.7 Å². The largest absolute Gasteiger partial charge is 0.486 e. The first-order chi connectivity index (χ1) is 16.2. The molecule has 0 unspecified atom stereocenters. The van der Waals surface area contributed by atoms with Crippen LogP contribution in [0.2, 0.25) is 0 Å². The van der Waals surface area contributed by atoms with Crippen LogP contribution in [0.4, 0.5) is 5.69 Å². The fourth-order valence-electron chi connectivity index (χ4n) is 3.51. The number of aryl methyl sites for hydroxylation is 1. The van der Waals surface area contributed by atoms with Crippen LogP contribution in [0.25, 0.3) is 5.69 Å². The van der Waals surface area contributed by atoms with E-state index >= 15 is 0 Å². The molecule has 0 saturated heterocycles. The SMILES string of the molecule is Cc1ccccc1-n1nnnc1SCC(=O)N(Cc1cccs1)c1ccc2c(c1)OCCO2. The molecular weight excluding hydrogens is 458 g/mol. The van der Waals surface area contributed by atoms with Gasteiger partial charge in [0.05, 0.1) is 18.0 Å². The van der Waals surface area contributed by atoms with Crippen molar-refractivity contribution in [3.8, 4) is 17.2 Å². The third-order valence-corrected chi connectivity index (χ3v) is 6.91. The predicted molar refractivity (Wildman–Crippen MR) is 128 cm³/mol. The molecule has 2 aromatic heterocycles. The van der Waals surface area contributed by atoms with Crippen molar-refractivity contribution in [2.24, 2.45) is 0 Å². The molecule has 4 aromatic rings. The van der Waals surface area contributed by atoms with Crippen LogP contribution < -0.4 is 14.4 Å². The Labute approximate surface area is 199 Å². The molecule has 3 heterocycles. The normalized spacial score (nSPS) is 12.5. The number of fused-ring (bicyclic) bond motifs is 1. The van der Waals surface area contributed by atoms with E-state index in [0.717, 1.165) is 21.8 Å². The van der Waals surface area contributed by atoms with Crippen LogP contribution in [-0.2, 0) is 11.3 Å². The van der Waals surface area contributed by atoms with E-state index in [4.69, 9.17) is 9.47 Å². The standard InChI is InChI=1S/C23H21N5O3S2/c1-16-5-2-3-7-19(16)28-23(24-25-26-28)33-15-22(29)27(14-18-6-4-12-32-18)17-8-9-20-21(13-17)31-11-10-30-20/h2-9,12-13H,10-11,14-15H2,1H3. The molecular formula is C23H21N5O3S2. The summed E-state index contributed by atoms with van der Waals surface area (Å²) in [5.74, 6) is 1.48. The number of hydrogen-bond acceptors (Lipinski definition) is 8. The molecule has 0 saturated carbocycles. The number of amides is 1. The number of nitrogens with zero attached hydrogens (tertiary/aromatic N) is 5. The Hall–Kier alpha value is -3.37. The molecule has 0 aliphatic carbocycles. The van der Waals surface area contributed by atoms with E-state index in [-0.39, 0.29) is 11.7 Å². The van der Waals surface area contributed by atoms with Gasteiger partial charge in [-0.1, -0.05) is 36.0 Å². The number of aromatic nitrogens is 4. The van der Waals surface area contributed by atoms with Gasteiger partial charge in [0.15, 0.2) is 11.5 Å². The van der Waals surface area contributed by atoms with Gasteiger partial charge in [-0.05, 0) is 52.6 Å². The maximum atomic E-state index is 13.4. The Kier molecular flexibility index (Phi) is 6.27. The molecule has 168 valence electrons. The molecule has 8 nitrogen and oxygen atoms in total. The molecule has 0 spiro atoms. The number of tetrazole rings is 1. The molecule has 0 atom stereocenters. The van der Waals surface area contributed by atoms with E-state index in [1.807, 2.05) is 66.9 Å². The minimum absolute atomic E-state index is 0.0515. The van der Waals surface area contributed by atoms with Gasteiger partial charge in [0.1, 0.15) is 13.2 Å². The molecule has 1 aliphatic rings. The molecule has 0 N–H and O–H groups in total. The van der Waals surface area contributed by atoms with Crippen LogP contribution in [0, 0.1) is 6.92 Å². The number of carbonyl (C=O) groups excluding carboxylic acids is 1. The third kappa shape index (κ3) is 4.71. The summed E-state index contributed by atoms with van der Waals surface area (Å²) in [5, 5.41) is 14.6. The highest BCUT2D eigenvalue weighted by atomic mass is 32.2. The molecule has 0 bridgehead atoms. The number of benzene rings is 2. The zero-order valence-electron chi connectivity index (χ0n) is 17.9. The molecule has 0 radical (unpaired) electrons. The lowest BCUT2D eigenvalue weighted by molar-refractivity contribution is -0.116. The van der Waals surface area contributed by atoms with Gasteiger partial charge in [-0.3, -0.25) is 4.79 Å². The van der Waals surface area contributed by atoms with Crippen molar-refractivity contribution in [3.05, 3.63) is 70.4 Å². The first kappa shape index (κ1) is 21.5. The zero-order valence-corrected chi connectivity index (χ0v) is 19.5. The summed E-state index contributed by atoms with van der Waals surface area (Å²) in [4.78, 5) is 16.3. The quantitative estimate of drug-likeness (QED) is 0.369. The van der Waals surface area contributed by atoms with Gasteiger partial charge >= 0.3 is 0 Å². The lowest BCUT2D eigenvalue weighted by atomic mass is 10.2. The number of thioether (sulfide) groups is 1. The summed E-state index contributed by atoms with van der Waals surface area (Å²) in [6.45, 7) is 3.49. The highest BCUT2D eigenvalue weighted by molar-refractivity contribution is 7.99. The number of thiophene rings is 1. The number of para-hydroxylation sites is 1. The van der Waals surface area contributed by atoms with Gasteiger partial charge in [-0.25, -0.2) is 0 Å². The predicted octanol–water partition coefficient (Wildman–Crippen LogP) is 4.13. The Morgan fingerprint density at radius 1 is 1.12 bits per heavy atom. The highest BCUT2D eigenvalue weighted by Crippen LogP contribution is 2.35. The van der Waals surface area contributed by atoms with E-state index in [2.05, 4.69) is 15.5 Å². The lowest BCUT2D eigenvalue weighted by Crippen LogP contribution is -2.32. The molecule has 1 amide bonds. The molecule has 1 aliphatic heterocycles. The number of rotatable bonds is 7. The summed E-state index contributed by atoms with van der Waals surface area (Å²) in [5.41, 5.74) is 2.70. The summed E-state index contributed by atoms with van der Waals surface area (Å²) in [6, 6.07) is 17.5. The first-order valence-corrected chi connectivity index (χ1v) is 12.2. The highest BCUT2D eigenvalue weighted by Gasteiger charge is 2.22. The van der Waals surface area contributed by atoms with Crippen LogP contribution >= 0.6 is 23.1 Å². The average molecular weight is 480 g/mol. The van der Waals surface area contributed by atoms with Gasteiger partial charge in [0.25, 0.3) is 0 Å². The van der Waals surface area contributed by atoms with Crippen molar-refractivity contribution in [1.82, 2.24) is 20.2 Å². The topological polar surface area (TPSA) is 82.4 Å². The Morgan fingerprint density at radius 3 is 2.79 bits per heavy atom. The first-order valence-electron chi connectivity index (χ1n) is 10.4. The van der Waals surface area contributed by atoms with E-state index in [9.17, 15) is 4.79 Å². The third-order valence-electron chi connectivity index (χ3n) is 5.14. The number of carbonyl (C=O) groups is 1. The lowest BCUT2D eigenvalue weighted by Gasteiger charge is -2.25. The van der Waals surface area contributed by atoms with E-state index in [1.165, 1.54) is 11.8 Å². The van der Waals surface area contributed by atoms with Crippen LogP contribution in [0.1, 0.15) is 10.4 Å². The molecule has 33 heavy (non-hydrogen) atoms. The van der Waals surface area contributed by atoms with Crippen molar-refractivity contribution in [2.75, 3.05) is 23.9 Å². The summed E-state index contributed by atoms with van der Waals surface area (Å²) < 4.78 is 13.0. The van der Waals surface area contributed by atoms with Gasteiger partial charge < -0.3 is 14.4 Å². The maximum Gasteiger partial charge on any atom is 0.237 e. The van der Waals surface area contributed by atoms with Crippen LogP contribution in [0.3, 0.4) is 0 Å². The Bertz CT molecular complexity index is 1260. The molecule has 5 rings (SSSR count). The average Bonchev–Trinajstić information content (AvgIpc) is 3.53. The number of hydrogen-bond donors (Lipinski definition) is 0. The fraction of sp³-hybridized carbons (Fsp3) is 0.217. The number of ether oxygens (including phenoxy) is 2. The van der Waals surface area contributed by atoms with Crippen LogP contribution in [-0.4, -0.2) is 45.1 Å². The van der Waals surface area contributed by atoms with Crippen molar-refractivity contribution in [2.45, 2.75) is 18.6 Å². The summed E-state index contributed by atoms with van der Waals surface area (Å²) in [7, 11) is 0. The molecule has 10 heteroatoms. The minimum atomic E-state index is -0.0515. The van der Waals surface area contributed by atoms with Gasteiger partial charge in [0, 0.05) is 16.6 Å². The molecule has 2 aromatic carbocycles. The molecule has 0 fully saturated rings. The second-order valence-electron chi connectivity index (χ2n) is 7.34. The van der Waals surface area contributed by atoms with Gasteiger partial charge in [-0.15, -0.1) is 16.4 Å². The zero-order chi connectivity index (χ0) is 22.6. The minimum Gasteiger partial charge on any atom is -0.486 e. The second-order valence-corrected chi connectivity index (χ2v) is 9.31. The van der Waals surface area contributed by atoms with Crippen molar-refractivity contribution in [1.29, 1.82) is 0 Å². The van der Waals surface area contributed by atoms with Crippen LogP contribution in [0.15, 0.2) is 65.1 Å². The van der Waals surface area contributed by atoms with E-state index < -0.39 is 0 Å². The van der Waals surface area contributed by atoms with E-state index in [1.54, 1.807) is 20.9 Å². The fourth-order valence-corrected chi connectivity index (χ4v) is 4.96. The number of anilines is 1. The van der Waals surface area contributed by atoms with Crippen LogP contribution in [0.5, 0.6) is 11.5 Å². The summed E-state index contributed by atoms with van der Waals surface area (Å²) >= 11 is 2.93. The monoisotopic (exact) mass is 479 g/mol. The Balaban J connectivity index is 1.37. The van der Waals surface area contributed by atoms with E-state index in [0.29, 0.717) is 36.4 Å².